The monoisotopic (exact) mass is 278 g/mol. The number of benzene rings is 1. The van der Waals surface area contributed by atoms with Gasteiger partial charge < -0.3 is 15.8 Å². The van der Waals surface area contributed by atoms with E-state index in [1.165, 1.54) is 18.4 Å². The van der Waals surface area contributed by atoms with Crippen molar-refractivity contribution in [3.63, 3.8) is 0 Å². The standard InChI is InChI=1S/C11H16N2.C5H10O2/c12-11-3-1-9(2-4-11)10-5-7-13-8-6-10;1-5(2,3)7-4-6/h1-4,10,13H,5-8,12H2;4H,1-3H3. The van der Waals surface area contributed by atoms with Crippen LogP contribution in [0.2, 0.25) is 0 Å². The molecule has 0 atom stereocenters. The van der Waals surface area contributed by atoms with Crippen molar-refractivity contribution in [3.8, 4) is 0 Å². The number of piperidine rings is 1. The van der Waals surface area contributed by atoms with Gasteiger partial charge in [0.25, 0.3) is 6.47 Å². The van der Waals surface area contributed by atoms with E-state index in [2.05, 4.69) is 22.2 Å². The molecule has 1 aliphatic rings. The number of anilines is 1. The van der Waals surface area contributed by atoms with Gasteiger partial charge in [-0.1, -0.05) is 12.1 Å². The van der Waals surface area contributed by atoms with Crippen molar-refractivity contribution in [2.24, 2.45) is 0 Å². The van der Waals surface area contributed by atoms with E-state index in [4.69, 9.17) is 5.73 Å². The number of hydrogen-bond donors (Lipinski definition) is 2. The van der Waals surface area contributed by atoms with Crippen LogP contribution in [0.15, 0.2) is 24.3 Å². The maximum absolute atomic E-state index is 9.60. The van der Waals surface area contributed by atoms with Gasteiger partial charge in [-0.05, 0) is 70.3 Å². The van der Waals surface area contributed by atoms with Crippen molar-refractivity contribution in [3.05, 3.63) is 29.8 Å². The summed E-state index contributed by atoms with van der Waals surface area (Å²) in [5.74, 6) is 0.738. The average Bonchev–Trinajstić information content (AvgIpc) is 2.40. The lowest BCUT2D eigenvalue weighted by Crippen LogP contribution is -2.26. The molecule has 4 nitrogen and oxygen atoms in total. The Hall–Kier alpha value is -1.55. The molecule has 1 saturated heterocycles. The summed E-state index contributed by atoms with van der Waals surface area (Å²) in [6.07, 6.45) is 2.51. The van der Waals surface area contributed by atoms with Crippen LogP contribution in [-0.4, -0.2) is 25.2 Å². The minimum Gasteiger partial charge on any atom is -0.462 e. The normalized spacial score (nSPS) is 15.9. The highest BCUT2D eigenvalue weighted by Gasteiger charge is 2.14. The molecule has 0 spiro atoms. The van der Waals surface area contributed by atoms with E-state index < -0.39 is 0 Å². The van der Waals surface area contributed by atoms with Crippen LogP contribution in [0.5, 0.6) is 0 Å². The average molecular weight is 278 g/mol. The topological polar surface area (TPSA) is 64.3 Å². The van der Waals surface area contributed by atoms with Gasteiger partial charge in [0, 0.05) is 5.69 Å². The maximum atomic E-state index is 9.60. The van der Waals surface area contributed by atoms with Crippen LogP contribution in [0.25, 0.3) is 0 Å². The second kappa shape index (κ2) is 7.90. The van der Waals surface area contributed by atoms with Gasteiger partial charge in [0.15, 0.2) is 0 Å². The Balaban J connectivity index is 0.000000246. The molecule has 0 bridgehead atoms. The molecule has 1 aliphatic heterocycles. The molecular formula is C16H26N2O2. The van der Waals surface area contributed by atoms with Crippen LogP contribution >= 0.6 is 0 Å². The van der Waals surface area contributed by atoms with Gasteiger partial charge in [0.2, 0.25) is 0 Å². The van der Waals surface area contributed by atoms with Gasteiger partial charge in [-0.25, -0.2) is 0 Å². The number of rotatable bonds is 2. The molecule has 1 heterocycles. The lowest BCUT2D eigenvalue weighted by Gasteiger charge is -2.22. The minimum absolute atomic E-state index is 0.318. The zero-order valence-electron chi connectivity index (χ0n) is 12.7. The molecule has 3 N–H and O–H groups in total. The molecule has 1 fully saturated rings. The number of ether oxygens (including phenoxy) is 1. The van der Waals surface area contributed by atoms with Crippen molar-refractivity contribution in [1.82, 2.24) is 5.32 Å². The lowest BCUT2D eigenvalue weighted by atomic mass is 9.90. The van der Waals surface area contributed by atoms with Gasteiger partial charge in [0.05, 0.1) is 0 Å². The molecule has 1 aromatic carbocycles. The first-order valence-electron chi connectivity index (χ1n) is 7.10. The number of carbonyl (C=O) groups excluding carboxylic acids is 1. The fraction of sp³-hybridized carbons (Fsp3) is 0.562. The summed E-state index contributed by atoms with van der Waals surface area (Å²) in [5.41, 5.74) is 7.63. The second-order valence-corrected chi connectivity index (χ2v) is 6.02. The third kappa shape index (κ3) is 6.57. The predicted molar refractivity (Wildman–Crippen MR) is 82.6 cm³/mol. The quantitative estimate of drug-likeness (QED) is 0.645. The summed E-state index contributed by atoms with van der Waals surface area (Å²) in [6, 6.07) is 8.31. The fourth-order valence-electron chi connectivity index (χ4n) is 2.07. The molecule has 2 rings (SSSR count). The Kier molecular flexibility index (Phi) is 6.52. The number of nitrogens with two attached hydrogens (primary N) is 1. The van der Waals surface area contributed by atoms with Crippen molar-refractivity contribution in [2.75, 3.05) is 18.8 Å². The van der Waals surface area contributed by atoms with Crippen LogP contribution in [-0.2, 0) is 9.53 Å². The minimum atomic E-state index is -0.318. The van der Waals surface area contributed by atoms with E-state index in [1.54, 1.807) is 0 Å². The molecule has 1 aromatic rings. The van der Waals surface area contributed by atoms with E-state index in [0.717, 1.165) is 24.7 Å². The van der Waals surface area contributed by atoms with Crippen molar-refractivity contribution >= 4 is 12.2 Å². The van der Waals surface area contributed by atoms with E-state index in [-0.39, 0.29) is 5.60 Å². The smallest absolute Gasteiger partial charge is 0.293 e. The first-order valence-corrected chi connectivity index (χ1v) is 7.10. The second-order valence-electron chi connectivity index (χ2n) is 6.02. The first kappa shape index (κ1) is 16.5. The van der Waals surface area contributed by atoms with E-state index in [0.29, 0.717) is 6.47 Å². The van der Waals surface area contributed by atoms with Crippen molar-refractivity contribution in [1.29, 1.82) is 0 Å². The van der Waals surface area contributed by atoms with Crippen LogP contribution < -0.4 is 11.1 Å². The largest absolute Gasteiger partial charge is 0.462 e. The molecule has 0 saturated carbocycles. The van der Waals surface area contributed by atoms with E-state index in [1.807, 2.05) is 32.9 Å². The molecule has 0 unspecified atom stereocenters. The predicted octanol–water partition coefficient (Wildman–Crippen LogP) is 2.69. The third-order valence-corrected chi connectivity index (χ3v) is 3.15. The Morgan fingerprint density at radius 3 is 2.15 bits per heavy atom. The SMILES string of the molecule is CC(C)(C)OC=O.Nc1ccc(C2CCNCC2)cc1. The summed E-state index contributed by atoms with van der Waals surface area (Å²) in [6.45, 7) is 8.22. The summed E-state index contributed by atoms with van der Waals surface area (Å²) in [5, 5.41) is 3.37. The Morgan fingerprint density at radius 1 is 1.20 bits per heavy atom. The molecule has 0 aromatic heterocycles. The first-order chi connectivity index (χ1) is 9.42. The van der Waals surface area contributed by atoms with E-state index in [9.17, 15) is 4.79 Å². The molecule has 20 heavy (non-hydrogen) atoms. The number of nitrogen functional groups attached to an aromatic ring is 1. The van der Waals surface area contributed by atoms with Crippen LogP contribution in [0.1, 0.15) is 45.1 Å². The molecule has 0 radical (unpaired) electrons. The van der Waals surface area contributed by atoms with E-state index >= 15 is 0 Å². The van der Waals surface area contributed by atoms with Crippen LogP contribution in [0, 0.1) is 0 Å². The summed E-state index contributed by atoms with van der Waals surface area (Å²) in [4.78, 5) is 9.60. The zero-order chi connectivity index (χ0) is 15.0. The molecule has 4 heteroatoms. The fourth-order valence-corrected chi connectivity index (χ4v) is 2.07. The van der Waals surface area contributed by atoms with Gasteiger partial charge in [0.1, 0.15) is 5.60 Å². The highest BCUT2D eigenvalue weighted by atomic mass is 16.5. The number of hydrogen-bond acceptors (Lipinski definition) is 4. The highest BCUT2D eigenvalue weighted by Crippen LogP contribution is 2.25. The zero-order valence-corrected chi connectivity index (χ0v) is 12.7. The summed E-state index contributed by atoms with van der Waals surface area (Å²) < 4.78 is 4.55. The van der Waals surface area contributed by atoms with Gasteiger partial charge in [-0.15, -0.1) is 0 Å². The van der Waals surface area contributed by atoms with Crippen molar-refractivity contribution < 1.29 is 9.53 Å². The molecule has 0 aliphatic carbocycles. The highest BCUT2D eigenvalue weighted by molar-refractivity contribution is 5.40. The van der Waals surface area contributed by atoms with Crippen LogP contribution in [0.3, 0.4) is 0 Å². The van der Waals surface area contributed by atoms with Gasteiger partial charge in [-0.3, -0.25) is 4.79 Å². The third-order valence-electron chi connectivity index (χ3n) is 3.15. The van der Waals surface area contributed by atoms with Crippen molar-refractivity contribution in [2.45, 2.75) is 45.1 Å². The molecule has 0 amide bonds. The molecule has 112 valence electrons. The summed E-state index contributed by atoms with van der Waals surface area (Å²) >= 11 is 0. The van der Waals surface area contributed by atoms with Gasteiger partial charge in [-0.2, -0.15) is 0 Å². The summed E-state index contributed by atoms with van der Waals surface area (Å²) in [7, 11) is 0. The maximum Gasteiger partial charge on any atom is 0.293 e. The number of carbonyl (C=O) groups is 1. The Bertz CT molecular complexity index is 390. The van der Waals surface area contributed by atoms with Crippen LogP contribution in [0.4, 0.5) is 5.69 Å². The Morgan fingerprint density at radius 2 is 1.75 bits per heavy atom. The molecular weight excluding hydrogens is 252 g/mol. The lowest BCUT2D eigenvalue weighted by molar-refractivity contribution is -0.138. The van der Waals surface area contributed by atoms with Gasteiger partial charge >= 0.3 is 0 Å². The number of nitrogens with one attached hydrogen (secondary N) is 1. The Labute approximate surface area is 121 Å².